The van der Waals surface area contributed by atoms with E-state index in [2.05, 4.69) is 25.9 Å². The molecule has 1 aliphatic carbocycles. The van der Waals surface area contributed by atoms with Crippen LogP contribution in [-0.2, 0) is 6.18 Å². The number of carbonyl (C=O) groups excluding carboxylic acids is 1. The zero-order valence-corrected chi connectivity index (χ0v) is 19.8. The average molecular weight is 497 g/mol. The van der Waals surface area contributed by atoms with Crippen molar-refractivity contribution in [3.8, 4) is 11.1 Å². The Morgan fingerprint density at radius 2 is 1.83 bits per heavy atom. The fraction of sp³-hybridized carbons (Fsp3) is 0.385. The summed E-state index contributed by atoms with van der Waals surface area (Å²) in [6, 6.07) is 10.5. The number of urea groups is 1. The number of hydrogen-bond donors (Lipinski definition) is 3. The molecule has 1 saturated carbocycles. The van der Waals surface area contributed by atoms with Gasteiger partial charge in [0.1, 0.15) is 5.69 Å². The van der Waals surface area contributed by atoms with Crippen LogP contribution >= 0.6 is 0 Å². The number of amides is 2. The molecule has 36 heavy (non-hydrogen) atoms. The molecule has 5 rings (SSSR count). The largest absolute Gasteiger partial charge is 0.433 e. The number of aromatic nitrogens is 3. The zero-order valence-electron chi connectivity index (χ0n) is 19.8. The third-order valence-corrected chi connectivity index (χ3v) is 7.03. The minimum Gasteiger partial charge on any atom is -0.338 e. The molecule has 3 heterocycles. The summed E-state index contributed by atoms with van der Waals surface area (Å²) in [4.78, 5) is 24.0. The molecule has 2 aromatic heterocycles. The topological polar surface area (TPSA) is 91.8 Å². The molecule has 2 aliphatic rings. The van der Waals surface area contributed by atoms with Gasteiger partial charge in [-0.05, 0) is 74.4 Å². The Balaban J connectivity index is 1.29. The number of nitrogens with zero attached hydrogens (tertiary/aromatic N) is 3. The van der Waals surface area contributed by atoms with Gasteiger partial charge in [-0.2, -0.15) is 13.2 Å². The molecular weight excluding hydrogens is 469 g/mol. The van der Waals surface area contributed by atoms with Crippen molar-refractivity contribution in [2.24, 2.45) is 0 Å². The normalized spacial score (nSPS) is 22.1. The van der Waals surface area contributed by atoms with Crippen LogP contribution in [0, 0.1) is 6.92 Å². The molecule has 0 atom stereocenters. The third kappa shape index (κ3) is 5.27. The molecule has 2 fully saturated rings. The maximum atomic E-state index is 13.0. The fourth-order valence-electron chi connectivity index (χ4n) is 5.15. The fourth-order valence-corrected chi connectivity index (χ4v) is 5.15. The van der Waals surface area contributed by atoms with Crippen molar-refractivity contribution in [3.05, 3.63) is 65.7 Å². The maximum Gasteiger partial charge on any atom is 0.433 e. The second-order valence-corrected chi connectivity index (χ2v) is 9.63. The molecule has 1 saturated heterocycles. The van der Waals surface area contributed by atoms with Crippen LogP contribution < -0.4 is 16.0 Å². The van der Waals surface area contributed by atoms with Gasteiger partial charge in [-0.3, -0.25) is 4.98 Å². The second-order valence-electron chi connectivity index (χ2n) is 9.63. The lowest BCUT2D eigenvalue weighted by Crippen LogP contribution is -2.59. The second kappa shape index (κ2) is 9.40. The molecule has 3 N–H and O–H groups in total. The number of aryl methyl sites for hydroxylation is 1. The van der Waals surface area contributed by atoms with Crippen molar-refractivity contribution < 1.29 is 18.0 Å². The lowest BCUT2D eigenvalue weighted by Gasteiger charge is -2.43. The van der Waals surface area contributed by atoms with Gasteiger partial charge in [-0.25, -0.2) is 14.8 Å². The van der Waals surface area contributed by atoms with Gasteiger partial charge >= 0.3 is 12.2 Å². The highest BCUT2D eigenvalue weighted by molar-refractivity contribution is 5.75. The van der Waals surface area contributed by atoms with E-state index in [1.165, 1.54) is 0 Å². The molecule has 3 aromatic rings. The van der Waals surface area contributed by atoms with Crippen molar-refractivity contribution in [3.63, 3.8) is 0 Å². The molecule has 0 unspecified atom stereocenters. The first kappa shape index (κ1) is 24.0. The van der Waals surface area contributed by atoms with E-state index in [-0.39, 0.29) is 17.5 Å². The lowest BCUT2D eigenvalue weighted by molar-refractivity contribution is -0.141. The van der Waals surface area contributed by atoms with Crippen LogP contribution in [-0.4, -0.2) is 33.1 Å². The predicted molar refractivity (Wildman–Crippen MR) is 130 cm³/mol. The summed E-state index contributed by atoms with van der Waals surface area (Å²) >= 11 is 0. The van der Waals surface area contributed by atoms with E-state index in [0.29, 0.717) is 11.6 Å². The number of pyridine rings is 1. The smallest absolute Gasteiger partial charge is 0.338 e. The molecule has 1 spiro atoms. The monoisotopic (exact) mass is 496 g/mol. The number of nitrogens with one attached hydrogen (secondary N) is 3. The van der Waals surface area contributed by atoms with Crippen molar-refractivity contribution in [2.75, 3.05) is 11.9 Å². The summed E-state index contributed by atoms with van der Waals surface area (Å²) in [5.41, 5.74) is 3.29. The van der Waals surface area contributed by atoms with E-state index in [1.54, 1.807) is 0 Å². The minimum atomic E-state index is -4.54. The van der Waals surface area contributed by atoms with Gasteiger partial charge in [0.2, 0.25) is 5.95 Å². The van der Waals surface area contributed by atoms with Crippen LogP contribution in [0.15, 0.2) is 48.8 Å². The van der Waals surface area contributed by atoms with E-state index < -0.39 is 11.9 Å². The Kier molecular flexibility index (Phi) is 6.27. The summed E-state index contributed by atoms with van der Waals surface area (Å²) in [6.07, 6.45) is 3.18. The highest BCUT2D eigenvalue weighted by Crippen LogP contribution is 2.40. The average Bonchev–Trinajstić information content (AvgIpc) is 2.84. The van der Waals surface area contributed by atoms with Gasteiger partial charge in [0.15, 0.2) is 0 Å². The predicted octanol–water partition coefficient (Wildman–Crippen LogP) is 5.71. The zero-order chi connectivity index (χ0) is 25.3. The Morgan fingerprint density at radius 1 is 1.03 bits per heavy atom. The van der Waals surface area contributed by atoms with Crippen LogP contribution in [0.1, 0.15) is 55.0 Å². The van der Waals surface area contributed by atoms with Crippen molar-refractivity contribution in [1.82, 2.24) is 25.6 Å². The highest BCUT2D eigenvalue weighted by Gasteiger charge is 2.39. The molecule has 10 heteroatoms. The standard InChI is InChI=1S/C26H27F3N6O/c1-16-12-19(14-20(13-16)33-23-30-10-6-22(34-23)26(27,28)29)18-2-3-21(32-15-18)17-4-7-25(8-5-17)9-11-31-24(36)35-25/h2-3,6,10,12-15,17H,4-5,7-9,11H2,1H3,(H,30,33,34)(H2,31,35,36). The van der Waals surface area contributed by atoms with E-state index in [0.717, 1.165) is 73.3 Å². The van der Waals surface area contributed by atoms with Gasteiger partial charge < -0.3 is 16.0 Å². The highest BCUT2D eigenvalue weighted by atomic mass is 19.4. The summed E-state index contributed by atoms with van der Waals surface area (Å²) in [7, 11) is 0. The Morgan fingerprint density at radius 3 is 2.53 bits per heavy atom. The summed E-state index contributed by atoms with van der Waals surface area (Å²) < 4.78 is 39.0. The molecule has 1 aromatic carbocycles. The first-order valence-electron chi connectivity index (χ1n) is 12.0. The Hall–Kier alpha value is -3.69. The van der Waals surface area contributed by atoms with Gasteiger partial charge in [-0.15, -0.1) is 0 Å². The third-order valence-electron chi connectivity index (χ3n) is 7.03. The maximum absolute atomic E-state index is 13.0. The molecule has 1 aliphatic heterocycles. The first-order valence-corrected chi connectivity index (χ1v) is 12.0. The van der Waals surface area contributed by atoms with Crippen molar-refractivity contribution in [1.29, 1.82) is 0 Å². The quantitative estimate of drug-likeness (QED) is 0.430. The number of alkyl halides is 3. The molecule has 2 amide bonds. The van der Waals surface area contributed by atoms with Crippen LogP contribution in [0.5, 0.6) is 0 Å². The number of benzene rings is 1. The molecule has 0 radical (unpaired) electrons. The van der Waals surface area contributed by atoms with E-state index in [1.807, 2.05) is 43.5 Å². The molecule has 188 valence electrons. The molecular formula is C26H27F3N6O. The van der Waals surface area contributed by atoms with E-state index >= 15 is 0 Å². The van der Waals surface area contributed by atoms with Crippen LogP contribution in [0.4, 0.5) is 29.6 Å². The number of carbonyl (C=O) groups is 1. The summed E-state index contributed by atoms with van der Waals surface area (Å²) in [6.45, 7) is 2.64. The lowest BCUT2D eigenvalue weighted by atomic mass is 9.73. The van der Waals surface area contributed by atoms with Crippen LogP contribution in [0.25, 0.3) is 11.1 Å². The summed E-state index contributed by atoms with van der Waals surface area (Å²) in [5.74, 6) is 0.235. The Bertz CT molecular complexity index is 1250. The van der Waals surface area contributed by atoms with Crippen molar-refractivity contribution in [2.45, 2.75) is 56.7 Å². The molecule has 0 bridgehead atoms. The van der Waals surface area contributed by atoms with E-state index in [9.17, 15) is 18.0 Å². The van der Waals surface area contributed by atoms with Crippen molar-refractivity contribution >= 4 is 17.7 Å². The van der Waals surface area contributed by atoms with E-state index in [4.69, 9.17) is 4.98 Å². The molecule has 7 nitrogen and oxygen atoms in total. The van der Waals surface area contributed by atoms with Gasteiger partial charge in [0, 0.05) is 47.3 Å². The van der Waals surface area contributed by atoms with Gasteiger partial charge in [-0.1, -0.05) is 12.1 Å². The number of halogens is 3. The number of hydrogen-bond acceptors (Lipinski definition) is 5. The van der Waals surface area contributed by atoms with Crippen LogP contribution in [0.2, 0.25) is 0 Å². The summed E-state index contributed by atoms with van der Waals surface area (Å²) in [5, 5.41) is 8.85. The minimum absolute atomic E-state index is 0.0752. The Labute approximate surface area is 207 Å². The first-order chi connectivity index (χ1) is 17.2. The van der Waals surface area contributed by atoms with Gasteiger partial charge in [0.25, 0.3) is 0 Å². The SMILES string of the molecule is Cc1cc(Nc2nccc(C(F)(F)F)n2)cc(-c2ccc(C3CCC4(CCNC(=O)N4)CC3)nc2)c1. The van der Waals surface area contributed by atoms with Gasteiger partial charge in [0.05, 0.1) is 0 Å². The van der Waals surface area contributed by atoms with Crippen LogP contribution in [0.3, 0.4) is 0 Å². The number of rotatable bonds is 4. The number of anilines is 2.